The first-order valence-corrected chi connectivity index (χ1v) is 7.31. The fourth-order valence-corrected chi connectivity index (χ4v) is 1.41. The van der Waals surface area contributed by atoms with Gasteiger partial charge in [-0.25, -0.2) is 0 Å². The normalized spacial score (nSPS) is 14.4. The van der Waals surface area contributed by atoms with Crippen LogP contribution in [0.4, 0.5) is 0 Å². The van der Waals surface area contributed by atoms with Gasteiger partial charge in [0.25, 0.3) is 0 Å². The van der Waals surface area contributed by atoms with Crippen molar-refractivity contribution in [3.8, 4) is 0 Å². The zero-order valence-corrected chi connectivity index (χ0v) is 13.3. The lowest BCUT2D eigenvalue weighted by molar-refractivity contribution is 0.627. The Kier molecular flexibility index (Phi) is 16.3. The molecule has 1 rings (SSSR count). The second-order valence-corrected chi connectivity index (χ2v) is 5.09. The van der Waals surface area contributed by atoms with Crippen LogP contribution in [0.2, 0.25) is 0 Å². The van der Waals surface area contributed by atoms with Gasteiger partial charge in [-0.05, 0) is 38.0 Å². The minimum atomic E-state index is 0.333. The molecular weight excluding hydrogens is 222 g/mol. The molecule has 0 aliphatic carbocycles. The predicted octanol–water partition coefficient (Wildman–Crippen LogP) is 2.53. The molecule has 0 unspecified atom stereocenters. The van der Waals surface area contributed by atoms with Gasteiger partial charge in [-0.3, -0.25) is 0 Å². The molecule has 110 valence electrons. The lowest BCUT2D eigenvalue weighted by atomic mass is 9.98. The van der Waals surface area contributed by atoms with Gasteiger partial charge < -0.3 is 16.4 Å². The third kappa shape index (κ3) is 18.0. The van der Waals surface area contributed by atoms with Gasteiger partial charge in [-0.2, -0.15) is 0 Å². The maximum Gasteiger partial charge on any atom is 0.0137 e. The van der Waals surface area contributed by atoms with Gasteiger partial charge in [-0.15, -0.1) is 0 Å². The lowest BCUT2D eigenvalue weighted by Crippen LogP contribution is -2.21. The number of hydrogen-bond acceptors (Lipinski definition) is 3. The Morgan fingerprint density at radius 1 is 1.22 bits per heavy atom. The van der Waals surface area contributed by atoms with E-state index >= 15 is 0 Å². The third-order valence-corrected chi connectivity index (χ3v) is 2.34. The highest BCUT2D eigenvalue weighted by Gasteiger charge is 2.04. The average Bonchev–Trinajstić information content (AvgIpc) is 2.31. The van der Waals surface area contributed by atoms with Gasteiger partial charge in [0.05, 0.1) is 0 Å². The topological polar surface area (TPSA) is 50.1 Å². The molecule has 0 fully saturated rings. The molecule has 0 saturated carbocycles. The standard InChI is InChI=1S/C8H15N.C4H11N.C3H9N/c1-7(2)8-3-5-9-6-4-8;1-3-5-4-2;1-3(2)4/h3,7,9H,4-6H2,1-2H3;5H,3-4H2,1-2H3;3H,4H2,1-2H3. The van der Waals surface area contributed by atoms with Crippen molar-refractivity contribution in [1.82, 2.24) is 10.6 Å². The van der Waals surface area contributed by atoms with Crippen LogP contribution in [0.25, 0.3) is 0 Å². The SMILES string of the molecule is CC(C)C1=CCNCC1.CC(C)N.CCNCC. The molecule has 0 spiro atoms. The molecule has 3 heteroatoms. The van der Waals surface area contributed by atoms with Crippen LogP contribution < -0.4 is 16.4 Å². The van der Waals surface area contributed by atoms with Crippen LogP contribution in [-0.2, 0) is 0 Å². The molecule has 1 aliphatic heterocycles. The Balaban J connectivity index is 0. The fourth-order valence-electron chi connectivity index (χ4n) is 1.41. The van der Waals surface area contributed by atoms with E-state index in [9.17, 15) is 0 Å². The minimum Gasteiger partial charge on any atom is -0.328 e. The van der Waals surface area contributed by atoms with E-state index in [1.165, 1.54) is 13.0 Å². The first-order valence-electron chi connectivity index (χ1n) is 7.31. The summed E-state index contributed by atoms with van der Waals surface area (Å²) in [7, 11) is 0. The van der Waals surface area contributed by atoms with Crippen molar-refractivity contribution in [1.29, 1.82) is 0 Å². The van der Waals surface area contributed by atoms with Crippen molar-refractivity contribution in [2.75, 3.05) is 26.2 Å². The van der Waals surface area contributed by atoms with E-state index in [1.54, 1.807) is 5.57 Å². The summed E-state index contributed by atoms with van der Waals surface area (Å²) < 4.78 is 0. The van der Waals surface area contributed by atoms with Gasteiger partial charge in [-0.1, -0.05) is 53.2 Å². The minimum absolute atomic E-state index is 0.333. The van der Waals surface area contributed by atoms with Crippen molar-refractivity contribution in [2.24, 2.45) is 11.7 Å². The van der Waals surface area contributed by atoms with E-state index in [4.69, 9.17) is 5.73 Å². The molecular formula is C15H35N3. The summed E-state index contributed by atoms with van der Waals surface area (Å²) >= 11 is 0. The van der Waals surface area contributed by atoms with Gasteiger partial charge in [0.15, 0.2) is 0 Å². The molecule has 3 nitrogen and oxygen atoms in total. The van der Waals surface area contributed by atoms with Crippen molar-refractivity contribution >= 4 is 0 Å². The zero-order valence-electron chi connectivity index (χ0n) is 13.3. The summed E-state index contributed by atoms with van der Waals surface area (Å²) in [6.45, 7) is 17.0. The first kappa shape index (κ1) is 19.9. The van der Waals surface area contributed by atoms with Crippen molar-refractivity contribution in [3.05, 3.63) is 11.6 Å². The van der Waals surface area contributed by atoms with Crippen LogP contribution in [0.15, 0.2) is 11.6 Å². The summed E-state index contributed by atoms with van der Waals surface area (Å²) in [5.41, 5.74) is 6.73. The average molecular weight is 257 g/mol. The van der Waals surface area contributed by atoms with Crippen LogP contribution in [0.5, 0.6) is 0 Å². The molecule has 0 aromatic rings. The van der Waals surface area contributed by atoms with E-state index in [0.29, 0.717) is 6.04 Å². The second kappa shape index (κ2) is 14.7. The Morgan fingerprint density at radius 2 is 1.72 bits per heavy atom. The van der Waals surface area contributed by atoms with Crippen molar-refractivity contribution < 1.29 is 0 Å². The Hall–Kier alpha value is -0.380. The Bertz CT molecular complexity index is 181. The number of rotatable bonds is 3. The first-order chi connectivity index (χ1) is 8.45. The quantitative estimate of drug-likeness (QED) is 0.681. The van der Waals surface area contributed by atoms with Gasteiger partial charge in [0.2, 0.25) is 0 Å². The maximum atomic E-state index is 5.11. The summed E-state index contributed by atoms with van der Waals surface area (Å²) in [6.07, 6.45) is 3.56. The molecule has 0 aromatic heterocycles. The van der Waals surface area contributed by atoms with Gasteiger partial charge in [0.1, 0.15) is 0 Å². The molecule has 0 amide bonds. The van der Waals surface area contributed by atoms with Crippen LogP contribution in [0.1, 0.15) is 48.0 Å². The van der Waals surface area contributed by atoms with Gasteiger partial charge in [0, 0.05) is 6.54 Å². The fraction of sp³-hybridized carbons (Fsp3) is 0.867. The Labute approximate surface area is 115 Å². The lowest BCUT2D eigenvalue weighted by Gasteiger charge is -2.16. The van der Waals surface area contributed by atoms with E-state index in [1.807, 2.05) is 13.8 Å². The summed E-state index contributed by atoms with van der Waals surface area (Å²) in [4.78, 5) is 0. The zero-order chi connectivity index (χ0) is 14.4. The number of nitrogens with two attached hydrogens (primary N) is 1. The molecule has 0 aromatic carbocycles. The molecule has 4 N–H and O–H groups in total. The van der Waals surface area contributed by atoms with Gasteiger partial charge >= 0.3 is 0 Å². The van der Waals surface area contributed by atoms with Crippen molar-refractivity contribution in [3.63, 3.8) is 0 Å². The molecule has 1 aliphatic rings. The molecule has 0 radical (unpaired) electrons. The highest BCUT2D eigenvalue weighted by atomic mass is 14.8. The molecule has 1 heterocycles. The largest absolute Gasteiger partial charge is 0.328 e. The van der Waals surface area contributed by atoms with Crippen LogP contribution >= 0.6 is 0 Å². The second-order valence-electron chi connectivity index (χ2n) is 5.09. The highest BCUT2D eigenvalue weighted by molar-refractivity contribution is 5.08. The van der Waals surface area contributed by atoms with Crippen LogP contribution in [-0.4, -0.2) is 32.2 Å². The molecule has 0 bridgehead atoms. The third-order valence-electron chi connectivity index (χ3n) is 2.34. The summed E-state index contributed by atoms with van der Waals surface area (Å²) in [6, 6.07) is 0.333. The predicted molar refractivity (Wildman–Crippen MR) is 83.9 cm³/mol. The number of hydrogen-bond donors (Lipinski definition) is 3. The maximum absolute atomic E-state index is 5.11. The van der Waals surface area contributed by atoms with Crippen molar-refractivity contribution in [2.45, 2.75) is 54.0 Å². The van der Waals surface area contributed by atoms with Crippen LogP contribution in [0, 0.1) is 5.92 Å². The summed E-state index contributed by atoms with van der Waals surface area (Å²) in [5, 5.41) is 6.40. The monoisotopic (exact) mass is 257 g/mol. The van der Waals surface area contributed by atoms with E-state index in [0.717, 1.165) is 25.6 Å². The van der Waals surface area contributed by atoms with Crippen LogP contribution in [0.3, 0.4) is 0 Å². The molecule has 0 atom stereocenters. The smallest absolute Gasteiger partial charge is 0.0137 e. The highest BCUT2D eigenvalue weighted by Crippen LogP contribution is 2.14. The Morgan fingerprint density at radius 3 is 1.89 bits per heavy atom. The number of nitrogens with one attached hydrogen (secondary N) is 2. The van der Waals surface area contributed by atoms with E-state index < -0.39 is 0 Å². The van der Waals surface area contributed by atoms with E-state index in [-0.39, 0.29) is 0 Å². The van der Waals surface area contributed by atoms with E-state index in [2.05, 4.69) is 44.4 Å². The molecule has 18 heavy (non-hydrogen) atoms. The molecule has 0 saturated heterocycles. The summed E-state index contributed by atoms with van der Waals surface area (Å²) in [5.74, 6) is 0.757.